The lowest BCUT2D eigenvalue weighted by Crippen LogP contribution is -2.36. The van der Waals surface area contributed by atoms with E-state index in [0.717, 1.165) is 12.8 Å². The Morgan fingerprint density at radius 1 is 1.57 bits per heavy atom. The van der Waals surface area contributed by atoms with Gasteiger partial charge in [-0.2, -0.15) is 0 Å². The zero-order chi connectivity index (χ0) is 10.1. The summed E-state index contributed by atoms with van der Waals surface area (Å²) in [5, 5.41) is 11.3. The quantitative estimate of drug-likeness (QED) is 0.687. The molecule has 14 heavy (non-hydrogen) atoms. The van der Waals surface area contributed by atoms with Gasteiger partial charge in [-0.1, -0.05) is 0 Å². The standard InChI is InChI=1S/C9H14N2O3/c12-8(13)4-3-7-5-10-9(14)11(7)6-1-2-6/h6-7H,1-5H2,(H,10,14)(H,12,13). The van der Waals surface area contributed by atoms with Crippen LogP contribution in [0.25, 0.3) is 0 Å². The van der Waals surface area contributed by atoms with Crippen LogP contribution in [0.4, 0.5) is 4.79 Å². The molecule has 2 rings (SSSR count). The van der Waals surface area contributed by atoms with Crippen molar-refractivity contribution in [1.82, 2.24) is 10.2 Å². The van der Waals surface area contributed by atoms with Gasteiger partial charge in [-0.15, -0.1) is 0 Å². The van der Waals surface area contributed by atoms with Crippen molar-refractivity contribution >= 4 is 12.0 Å². The van der Waals surface area contributed by atoms with E-state index in [1.54, 1.807) is 0 Å². The van der Waals surface area contributed by atoms with Crippen LogP contribution in [0.3, 0.4) is 0 Å². The molecule has 0 aromatic carbocycles. The molecule has 2 N–H and O–H groups in total. The van der Waals surface area contributed by atoms with E-state index in [4.69, 9.17) is 5.11 Å². The summed E-state index contributed by atoms with van der Waals surface area (Å²) in [6, 6.07) is 0.435. The predicted octanol–water partition coefficient (Wildman–Crippen LogP) is 0.407. The molecule has 1 saturated carbocycles. The van der Waals surface area contributed by atoms with Crippen LogP contribution >= 0.6 is 0 Å². The number of carboxylic acids is 1. The maximum absolute atomic E-state index is 11.4. The summed E-state index contributed by atoms with van der Waals surface area (Å²) in [5.74, 6) is -0.792. The number of carbonyl (C=O) groups excluding carboxylic acids is 1. The van der Waals surface area contributed by atoms with E-state index in [9.17, 15) is 9.59 Å². The highest BCUT2D eigenvalue weighted by Gasteiger charge is 2.41. The first kappa shape index (κ1) is 9.30. The largest absolute Gasteiger partial charge is 0.481 e. The van der Waals surface area contributed by atoms with Gasteiger partial charge >= 0.3 is 12.0 Å². The van der Waals surface area contributed by atoms with Gasteiger partial charge in [0.05, 0.1) is 6.04 Å². The molecule has 0 spiro atoms. The van der Waals surface area contributed by atoms with Crippen molar-refractivity contribution in [3.8, 4) is 0 Å². The first-order valence-electron chi connectivity index (χ1n) is 4.96. The van der Waals surface area contributed by atoms with E-state index < -0.39 is 5.97 Å². The van der Waals surface area contributed by atoms with Gasteiger partial charge in [-0.3, -0.25) is 4.79 Å². The van der Waals surface area contributed by atoms with Crippen LogP contribution in [0.2, 0.25) is 0 Å². The second kappa shape index (κ2) is 3.48. The molecular formula is C9H14N2O3. The average Bonchev–Trinajstić information content (AvgIpc) is 2.88. The highest BCUT2D eigenvalue weighted by atomic mass is 16.4. The molecule has 0 aromatic heterocycles. The molecule has 1 atom stereocenters. The van der Waals surface area contributed by atoms with Gasteiger partial charge in [0.15, 0.2) is 0 Å². The van der Waals surface area contributed by atoms with E-state index >= 15 is 0 Å². The number of hydrogen-bond acceptors (Lipinski definition) is 2. The lowest BCUT2D eigenvalue weighted by molar-refractivity contribution is -0.137. The fourth-order valence-corrected chi connectivity index (χ4v) is 1.91. The number of carbonyl (C=O) groups is 2. The summed E-state index contributed by atoms with van der Waals surface area (Å²) >= 11 is 0. The summed E-state index contributed by atoms with van der Waals surface area (Å²) in [6.07, 6.45) is 2.83. The minimum absolute atomic E-state index is 0.0251. The van der Waals surface area contributed by atoms with E-state index in [0.29, 0.717) is 19.0 Å². The summed E-state index contributed by atoms with van der Waals surface area (Å²) in [7, 11) is 0. The molecule has 5 nitrogen and oxygen atoms in total. The van der Waals surface area contributed by atoms with Gasteiger partial charge in [0.25, 0.3) is 0 Å². The molecule has 1 heterocycles. The molecule has 2 aliphatic rings. The number of urea groups is 1. The Morgan fingerprint density at radius 3 is 2.86 bits per heavy atom. The van der Waals surface area contributed by atoms with Crippen molar-refractivity contribution in [2.45, 2.75) is 37.8 Å². The van der Waals surface area contributed by atoms with Gasteiger partial charge < -0.3 is 15.3 Å². The molecule has 1 aliphatic heterocycles. The molecule has 1 unspecified atom stereocenters. The van der Waals surface area contributed by atoms with Gasteiger partial charge in [0, 0.05) is 19.0 Å². The van der Waals surface area contributed by atoms with E-state index in [-0.39, 0.29) is 18.5 Å². The molecule has 0 bridgehead atoms. The van der Waals surface area contributed by atoms with E-state index in [1.807, 2.05) is 4.90 Å². The molecule has 2 amide bonds. The number of nitrogens with zero attached hydrogens (tertiary/aromatic N) is 1. The first-order chi connectivity index (χ1) is 6.68. The highest BCUT2D eigenvalue weighted by Crippen LogP contribution is 2.31. The van der Waals surface area contributed by atoms with Crippen LogP contribution in [-0.2, 0) is 4.79 Å². The number of hydrogen-bond donors (Lipinski definition) is 2. The Bertz CT molecular complexity index is 263. The molecule has 78 valence electrons. The number of nitrogens with one attached hydrogen (secondary N) is 1. The Kier molecular flexibility index (Phi) is 2.31. The number of amides is 2. The minimum atomic E-state index is -0.792. The van der Waals surface area contributed by atoms with Crippen molar-refractivity contribution in [1.29, 1.82) is 0 Å². The Labute approximate surface area is 82.1 Å². The summed E-state index contributed by atoms with van der Waals surface area (Å²) in [5.41, 5.74) is 0. The zero-order valence-corrected chi connectivity index (χ0v) is 7.90. The van der Waals surface area contributed by atoms with Crippen molar-refractivity contribution < 1.29 is 14.7 Å². The Balaban J connectivity index is 1.90. The maximum Gasteiger partial charge on any atom is 0.318 e. The third-order valence-electron chi connectivity index (χ3n) is 2.75. The number of rotatable bonds is 4. The lowest BCUT2D eigenvalue weighted by Gasteiger charge is -2.21. The lowest BCUT2D eigenvalue weighted by atomic mass is 10.1. The van der Waals surface area contributed by atoms with Crippen molar-refractivity contribution in [3.63, 3.8) is 0 Å². The maximum atomic E-state index is 11.4. The second-order valence-corrected chi connectivity index (χ2v) is 3.91. The smallest absolute Gasteiger partial charge is 0.318 e. The third-order valence-corrected chi connectivity index (χ3v) is 2.75. The minimum Gasteiger partial charge on any atom is -0.481 e. The molecule has 0 radical (unpaired) electrons. The molecule has 1 saturated heterocycles. The van der Waals surface area contributed by atoms with Gasteiger partial charge in [-0.25, -0.2) is 4.79 Å². The van der Waals surface area contributed by atoms with Gasteiger partial charge in [-0.05, 0) is 19.3 Å². The normalized spacial score (nSPS) is 26.4. The molecular weight excluding hydrogens is 184 g/mol. The van der Waals surface area contributed by atoms with Crippen molar-refractivity contribution in [2.24, 2.45) is 0 Å². The summed E-state index contributed by atoms with van der Waals surface area (Å²) in [6.45, 7) is 0.600. The predicted molar refractivity (Wildman–Crippen MR) is 48.9 cm³/mol. The molecule has 1 aliphatic carbocycles. The average molecular weight is 198 g/mol. The zero-order valence-electron chi connectivity index (χ0n) is 7.90. The van der Waals surface area contributed by atoms with E-state index in [1.165, 1.54) is 0 Å². The second-order valence-electron chi connectivity index (χ2n) is 3.91. The number of aliphatic carboxylic acids is 1. The van der Waals surface area contributed by atoms with Crippen LogP contribution in [0.1, 0.15) is 25.7 Å². The van der Waals surface area contributed by atoms with E-state index in [2.05, 4.69) is 5.32 Å². The van der Waals surface area contributed by atoms with Crippen LogP contribution in [0.5, 0.6) is 0 Å². The van der Waals surface area contributed by atoms with Gasteiger partial charge in [0.2, 0.25) is 0 Å². The molecule has 0 aromatic rings. The SMILES string of the molecule is O=C(O)CCC1CNC(=O)N1C1CC1. The Hall–Kier alpha value is -1.26. The summed E-state index contributed by atoms with van der Waals surface area (Å²) < 4.78 is 0. The van der Waals surface area contributed by atoms with Crippen LogP contribution < -0.4 is 5.32 Å². The summed E-state index contributed by atoms with van der Waals surface area (Å²) in [4.78, 5) is 23.6. The molecule has 2 fully saturated rings. The fraction of sp³-hybridized carbons (Fsp3) is 0.778. The first-order valence-corrected chi connectivity index (χ1v) is 4.96. The number of carboxylic acid groups (broad SMARTS) is 1. The topological polar surface area (TPSA) is 69.6 Å². The Morgan fingerprint density at radius 2 is 2.29 bits per heavy atom. The van der Waals surface area contributed by atoms with Crippen LogP contribution in [0.15, 0.2) is 0 Å². The monoisotopic (exact) mass is 198 g/mol. The third kappa shape index (κ3) is 1.81. The fourth-order valence-electron chi connectivity index (χ4n) is 1.91. The van der Waals surface area contributed by atoms with Gasteiger partial charge in [0.1, 0.15) is 0 Å². The van der Waals surface area contributed by atoms with Crippen molar-refractivity contribution in [3.05, 3.63) is 0 Å². The van der Waals surface area contributed by atoms with Crippen LogP contribution in [0, 0.1) is 0 Å². The van der Waals surface area contributed by atoms with Crippen LogP contribution in [-0.4, -0.2) is 40.6 Å². The van der Waals surface area contributed by atoms with Crippen molar-refractivity contribution in [2.75, 3.05) is 6.54 Å². The molecule has 5 heteroatoms. The highest BCUT2D eigenvalue weighted by molar-refractivity contribution is 5.77.